The number of rotatable bonds is 11. The van der Waals surface area contributed by atoms with Crippen molar-refractivity contribution in [3.63, 3.8) is 0 Å². The Morgan fingerprint density at radius 3 is 2.56 bits per heavy atom. The van der Waals surface area contributed by atoms with Crippen LogP contribution in [0.25, 0.3) is 22.0 Å². The molecule has 0 aliphatic carbocycles. The summed E-state index contributed by atoms with van der Waals surface area (Å²) in [4.78, 5) is 28.6. The number of phosphoric ester groups is 1. The summed E-state index contributed by atoms with van der Waals surface area (Å²) in [5.74, 6) is -0.113. The third-order valence-electron chi connectivity index (χ3n) is 4.75. The van der Waals surface area contributed by atoms with E-state index in [0.29, 0.717) is 19.4 Å². The molecule has 7 nitrogen and oxygen atoms in total. The SMILES string of the molecule is CC(C)OP(=O)([O-])OCCCCNC(=O)Cc1cnc2ccccc2c1-c1ccccc1. The van der Waals surface area contributed by atoms with Gasteiger partial charge in [0.15, 0.2) is 0 Å². The van der Waals surface area contributed by atoms with E-state index in [1.807, 2.05) is 54.6 Å². The summed E-state index contributed by atoms with van der Waals surface area (Å²) in [7, 11) is -4.26. The summed E-state index contributed by atoms with van der Waals surface area (Å²) in [5.41, 5.74) is 3.79. The Morgan fingerprint density at radius 2 is 1.81 bits per heavy atom. The van der Waals surface area contributed by atoms with E-state index in [9.17, 15) is 14.3 Å². The summed E-state index contributed by atoms with van der Waals surface area (Å²) in [6.07, 6.45) is 2.59. The fourth-order valence-corrected chi connectivity index (χ4v) is 4.35. The first-order valence-electron chi connectivity index (χ1n) is 10.7. The number of nitrogens with one attached hydrogen (secondary N) is 1. The molecule has 3 rings (SSSR count). The zero-order valence-electron chi connectivity index (χ0n) is 18.3. The van der Waals surface area contributed by atoms with Crippen molar-refractivity contribution in [2.75, 3.05) is 13.2 Å². The number of benzene rings is 2. The molecular weight excluding hydrogens is 427 g/mol. The number of hydrogen-bond acceptors (Lipinski definition) is 6. The first kappa shape index (κ1) is 24.1. The molecular formula is C24H28N2O5P-. The largest absolute Gasteiger partial charge is 0.756 e. The molecule has 1 unspecified atom stereocenters. The molecule has 1 heterocycles. The third kappa shape index (κ3) is 6.97. The molecule has 3 aromatic rings. The smallest absolute Gasteiger partial charge is 0.268 e. The van der Waals surface area contributed by atoms with Gasteiger partial charge in [0.2, 0.25) is 5.91 Å². The van der Waals surface area contributed by atoms with Crippen molar-refractivity contribution in [3.05, 3.63) is 66.4 Å². The van der Waals surface area contributed by atoms with Crippen LogP contribution in [0.5, 0.6) is 0 Å². The molecule has 1 atom stereocenters. The Hall–Kier alpha value is -2.57. The average Bonchev–Trinajstić information content (AvgIpc) is 2.75. The van der Waals surface area contributed by atoms with Gasteiger partial charge in [-0.15, -0.1) is 0 Å². The summed E-state index contributed by atoms with van der Waals surface area (Å²) >= 11 is 0. The van der Waals surface area contributed by atoms with E-state index in [2.05, 4.69) is 10.3 Å². The summed E-state index contributed by atoms with van der Waals surface area (Å²) in [5, 5.41) is 3.89. The lowest BCUT2D eigenvalue weighted by Crippen LogP contribution is -2.26. The molecule has 0 saturated carbocycles. The number of nitrogens with zero attached hydrogens (tertiary/aromatic N) is 1. The van der Waals surface area contributed by atoms with Gasteiger partial charge in [0, 0.05) is 18.1 Å². The van der Waals surface area contributed by atoms with E-state index in [4.69, 9.17) is 9.05 Å². The van der Waals surface area contributed by atoms with E-state index in [-0.39, 0.29) is 18.9 Å². The highest BCUT2D eigenvalue weighted by Gasteiger charge is 2.14. The number of hydrogen-bond donors (Lipinski definition) is 1. The molecule has 2 aromatic carbocycles. The molecule has 0 bridgehead atoms. The predicted octanol–water partition coefficient (Wildman–Crippen LogP) is 4.25. The number of unbranched alkanes of at least 4 members (excludes halogenated alkanes) is 1. The number of pyridine rings is 1. The number of carbonyl (C=O) groups is 1. The fraction of sp³-hybridized carbons (Fsp3) is 0.333. The zero-order chi connectivity index (χ0) is 23.0. The molecule has 0 aliphatic heterocycles. The molecule has 170 valence electrons. The summed E-state index contributed by atoms with van der Waals surface area (Å²) in [6, 6.07) is 17.9. The lowest BCUT2D eigenvalue weighted by atomic mass is 9.95. The third-order valence-corrected chi connectivity index (χ3v) is 5.93. The van der Waals surface area contributed by atoms with Crippen molar-refractivity contribution < 1.29 is 23.3 Å². The van der Waals surface area contributed by atoms with Crippen LogP contribution in [-0.4, -0.2) is 30.1 Å². The fourth-order valence-electron chi connectivity index (χ4n) is 3.42. The number of para-hydroxylation sites is 1. The van der Waals surface area contributed by atoms with E-state index >= 15 is 0 Å². The van der Waals surface area contributed by atoms with Gasteiger partial charge in [-0.05, 0) is 49.4 Å². The van der Waals surface area contributed by atoms with E-state index < -0.39 is 13.9 Å². The van der Waals surface area contributed by atoms with Crippen molar-refractivity contribution in [3.8, 4) is 11.1 Å². The first-order valence-corrected chi connectivity index (χ1v) is 12.1. The van der Waals surface area contributed by atoms with E-state index in [1.165, 1.54) is 0 Å². The van der Waals surface area contributed by atoms with Gasteiger partial charge >= 0.3 is 0 Å². The van der Waals surface area contributed by atoms with Gasteiger partial charge in [0.1, 0.15) is 0 Å². The van der Waals surface area contributed by atoms with Crippen LogP contribution in [0.3, 0.4) is 0 Å². The number of amides is 1. The van der Waals surface area contributed by atoms with Crippen LogP contribution >= 0.6 is 7.82 Å². The van der Waals surface area contributed by atoms with Gasteiger partial charge in [-0.25, -0.2) is 0 Å². The predicted molar refractivity (Wildman–Crippen MR) is 123 cm³/mol. The van der Waals surface area contributed by atoms with Crippen molar-refractivity contribution >= 4 is 24.6 Å². The molecule has 1 N–H and O–H groups in total. The number of fused-ring (bicyclic) bond motifs is 1. The first-order chi connectivity index (χ1) is 15.4. The maximum Gasteiger partial charge on any atom is 0.268 e. The lowest BCUT2D eigenvalue weighted by Gasteiger charge is -2.24. The zero-order valence-corrected chi connectivity index (χ0v) is 19.2. The lowest BCUT2D eigenvalue weighted by molar-refractivity contribution is -0.228. The molecule has 0 fully saturated rings. The minimum Gasteiger partial charge on any atom is -0.756 e. The standard InChI is InChI=1S/C24H29N2O5P/c1-18(2)31-32(28,29)30-15-9-8-14-25-23(27)16-20-17-26-22-13-7-6-12-21(22)24(20)19-10-4-3-5-11-19/h3-7,10-13,17-18H,8-9,14-16H2,1-2H3,(H,25,27)(H,28,29)/p-1. The topological polar surface area (TPSA) is 101 Å². The van der Waals surface area contributed by atoms with Crippen LogP contribution in [0.2, 0.25) is 0 Å². The second kappa shape index (κ2) is 11.3. The van der Waals surface area contributed by atoms with Crippen LogP contribution in [0, 0.1) is 0 Å². The normalized spacial score (nSPS) is 13.2. The number of aromatic nitrogens is 1. The van der Waals surface area contributed by atoms with Crippen LogP contribution < -0.4 is 10.2 Å². The molecule has 1 aromatic heterocycles. The molecule has 8 heteroatoms. The van der Waals surface area contributed by atoms with E-state index in [0.717, 1.165) is 27.6 Å². The van der Waals surface area contributed by atoms with Crippen LogP contribution in [-0.2, 0) is 24.8 Å². The van der Waals surface area contributed by atoms with Crippen molar-refractivity contribution in [2.24, 2.45) is 0 Å². The number of phosphoric acid groups is 1. The van der Waals surface area contributed by atoms with Crippen LogP contribution in [0.1, 0.15) is 32.3 Å². The molecule has 1 amide bonds. The Balaban J connectivity index is 1.57. The van der Waals surface area contributed by atoms with Crippen LogP contribution in [0.15, 0.2) is 60.8 Å². The van der Waals surface area contributed by atoms with Gasteiger partial charge in [0.25, 0.3) is 7.82 Å². The Kier molecular flexibility index (Phi) is 8.53. The molecule has 0 spiro atoms. The van der Waals surface area contributed by atoms with E-state index in [1.54, 1.807) is 20.0 Å². The highest BCUT2D eigenvalue weighted by Crippen LogP contribution is 2.39. The monoisotopic (exact) mass is 455 g/mol. The summed E-state index contributed by atoms with van der Waals surface area (Å²) in [6.45, 7) is 3.70. The highest BCUT2D eigenvalue weighted by molar-refractivity contribution is 7.45. The molecule has 0 aliphatic rings. The van der Waals surface area contributed by atoms with Gasteiger partial charge in [-0.1, -0.05) is 48.5 Å². The van der Waals surface area contributed by atoms with Crippen molar-refractivity contribution in [2.45, 2.75) is 39.2 Å². The molecule has 0 radical (unpaired) electrons. The van der Waals surface area contributed by atoms with Crippen LogP contribution in [0.4, 0.5) is 0 Å². The van der Waals surface area contributed by atoms with Gasteiger partial charge < -0.3 is 19.3 Å². The van der Waals surface area contributed by atoms with Gasteiger partial charge in [-0.3, -0.25) is 14.3 Å². The molecule has 0 saturated heterocycles. The Morgan fingerprint density at radius 1 is 1.09 bits per heavy atom. The highest BCUT2D eigenvalue weighted by atomic mass is 31.2. The number of carbonyl (C=O) groups excluding carboxylic acids is 1. The second-order valence-corrected chi connectivity index (χ2v) is 9.07. The van der Waals surface area contributed by atoms with Gasteiger partial charge in [0.05, 0.1) is 24.6 Å². The maximum atomic E-state index is 12.6. The second-order valence-electron chi connectivity index (χ2n) is 7.71. The Bertz CT molecular complexity index is 1090. The maximum absolute atomic E-state index is 12.6. The van der Waals surface area contributed by atoms with Crippen molar-refractivity contribution in [1.82, 2.24) is 10.3 Å². The van der Waals surface area contributed by atoms with Crippen molar-refractivity contribution in [1.29, 1.82) is 0 Å². The average molecular weight is 455 g/mol. The van der Waals surface area contributed by atoms with Gasteiger partial charge in [-0.2, -0.15) is 0 Å². The minimum atomic E-state index is -4.26. The molecule has 32 heavy (non-hydrogen) atoms. The summed E-state index contributed by atoms with van der Waals surface area (Å²) < 4.78 is 21.1. The minimum absolute atomic E-state index is 0.0239. The quantitative estimate of drug-likeness (QED) is 0.343. The Labute approximate surface area is 188 Å².